The van der Waals surface area contributed by atoms with Crippen molar-refractivity contribution in [3.8, 4) is 5.88 Å². The Hall–Kier alpha value is -1.94. The van der Waals surface area contributed by atoms with Crippen molar-refractivity contribution in [2.75, 3.05) is 7.11 Å². The maximum atomic E-state index is 13.5. The van der Waals surface area contributed by atoms with E-state index in [4.69, 9.17) is 10.5 Å². The third-order valence-corrected chi connectivity index (χ3v) is 2.88. The molecule has 0 aliphatic heterocycles. The first-order valence-corrected chi connectivity index (χ1v) is 5.64. The van der Waals surface area contributed by atoms with Crippen LogP contribution in [0.15, 0.2) is 36.5 Å². The Bertz CT molecular complexity index is 557. The van der Waals surface area contributed by atoms with Gasteiger partial charge in [-0.2, -0.15) is 0 Å². The molecule has 1 aromatic carbocycles. The van der Waals surface area contributed by atoms with Crippen LogP contribution >= 0.6 is 0 Å². The number of aryl methyl sites for hydroxylation is 1. The Morgan fingerprint density at radius 3 is 2.78 bits per heavy atom. The summed E-state index contributed by atoms with van der Waals surface area (Å²) in [5.74, 6) is 0.205. The third-order valence-electron chi connectivity index (χ3n) is 2.88. The highest BCUT2D eigenvalue weighted by Crippen LogP contribution is 2.26. The minimum absolute atomic E-state index is 0.259. The lowest BCUT2D eigenvalue weighted by Crippen LogP contribution is -2.14. The van der Waals surface area contributed by atoms with E-state index in [0.29, 0.717) is 17.0 Å². The zero-order chi connectivity index (χ0) is 13.1. The summed E-state index contributed by atoms with van der Waals surface area (Å²) >= 11 is 0. The lowest BCUT2D eigenvalue weighted by molar-refractivity contribution is 0.390. The number of benzene rings is 1. The Morgan fingerprint density at radius 2 is 2.11 bits per heavy atom. The summed E-state index contributed by atoms with van der Waals surface area (Å²) < 4.78 is 18.7. The standard InChI is InChI=1S/C14H15FN2O/c1-9-5-6-10(8-12(9)15)13(16)11-4-3-7-17-14(11)18-2/h3-8,13H,16H2,1-2H3. The molecule has 1 aromatic heterocycles. The van der Waals surface area contributed by atoms with Gasteiger partial charge in [0.1, 0.15) is 5.82 Å². The van der Waals surface area contributed by atoms with Gasteiger partial charge in [0, 0.05) is 11.8 Å². The minimum atomic E-state index is -0.455. The summed E-state index contributed by atoms with van der Waals surface area (Å²) in [6.45, 7) is 1.72. The molecule has 1 unspecified atom stereocenters. The molecule has 0 fully saturated rings. The average Bonchev–Trinajstić information content (AvgIpc) is 2.41. The first-order chi connectivity index (χ1) is 8.63. The number of pyridine rings is 1. The van der Waals surface area contributed by atoms with Crippen molar-refractivity contribution in [1.29, 1.82) is 0 Å². The molecule has 0 aliphatic rings. The van der Waals surface area contributed by atoms with E-state index in [-0.39, 0.29) is 5.82 Å². The Morgan fingerprint density at radius 1 is 1.33 bits per heavy atom. The molecule has 0 saturated heterocycles. The van der Waals surface area contributed by atoms with Crippen molar-refractivity contribution in [3.63, 3.8) is 0 Å². The van der Waals surface area contributed by atoms with E-state index >= 15 is 0 Å². The van der Waals surface area contributed by atoms with Crippen LogP contribution in [0.1, 0.15) is 22.7 Å². The number of hydrogen-bond acceptors (Lipinski definition) is 3. The van der Waals surface area contributed by atoms with Crippen LogP contribution in [-0.2, 0) is 0 Å². The van der Waals surface area contributed by atoms with Gasteiger partial charge in [0.15, 0.2) is 0 Å². The lowest BCUT2D eigenvalue weighted by Gasteiger charge is -2.15. The van der Waals surface area contributed by atoms with E-state index < -0.39 is 6.04 Å². The topological polar surface area (TPSA) is 48.1 Å². The summed E-state index contributed by atoms with van der Waals surface area (Å²) in [5.41, 5.74) is 8.16. The van der Waals surface area contributed by atoms with E-state index in [1.54, 1.807) is 25.3 Å². The molecule has 2 rings (SSSR count). The Labute approximate surface area is 105 Å². The van der Waals surface area contributed by atoms with E-state index in [1.807, 2.05) is 12.1 Å². The van der Waals surface area contributed by atoms with Gasteiger partial charge in [-0.1, -0.05) is 18.2 Å². The zero-order valence-corrected chi connectivity index (χ0v) is 10.4. The highest BCUT2D eigenvalue weighted by molar-refractivity contribution is 5.38. The number of nitrogens with zero attached hydrogens (tertiary/aromatic N) is 1. The maximum Gasteiger partial charge on any atom is 0.218 e. The molecular formula is C14H15FN2O. The summed E-state index contributed by atoms with van der Waals surface area (Å²) in [6.07, 6.45) is 1.63. The van der Waals surface area contributed by atoms with Crippen LogP contribution in [-0.4, -0.2) is 12.1 Å². The molecule has 0 bridgehead atoms. The van der Waals surface area contributed by atoms with E-state index in [2.05, 4.69) is 4.98 Å². The molecular weight excluding hydrogens is 231 g/mol. The predicted octanol–water partition coefficient (Wildman–Crippen LogP) is 2.59. The molecule has 3 nitrogen and oxygen atoms in total. The molecule has 0 aliphatic carbocycles. The number of aromatic nitrogens is 1. The Kier molecular flexibility index (Phi) is 3.58. The van der Waals surface area contributed by atoms with Crippen molar-refractivity contribution in [3.05, 3.63) is 59.0 Å². The molecule has 0 radical (unpaired) electrons. The molecule has 2 aromatic rings. The van der Waals surface area contributed by atoms with E-state index in [1.165, 1.54) is 13.2 Å². The monoisotopic (exact) mass is 246 g/mol. The quantitative estimate of drug-likeness (QED) is 0.905. The van der Waals surface area contributed by atoms with E-state index in [0.717, 1.165) is 5.56 Å². The van der Waals surface area contributed by atoms with Gasteiger partial charge in [0.05, 0.1) is 13.2 Å². The number of nitrogens with two attached hydrogens (primary N) is 1. The SMILES string of the molecule is COc1ncccc1C(N)c1ccc(C)c(F)c1. The van der Waals surface area contributed by atoms with Gasteiger partial charge in [-0.15, -0.1) is 0 Å². The number of halogens is 1. The van der Waals surface area contributed by atoms with Gasteiger partial charge in [-0.25, -0.2) is 9.37 Å². The lowest BCUT2D eigenvalue weighted by atomic mass is 9.99. The molecule has 4 heteroatoms. The fraction of sp³-hybridized carbons (Fsp3) is 0.214. The number of methoxy groups -OCH3 is 1. The van der Waals surface area contributed by atoms with Crippen molar-refractivity contribution < 1.29 is 9.13 Å². The van der Waals surface area contributed by atoms with Gasteiger partial charge in [0.25, 0.3) is 0 Å². The summed E-state index contributed by atoms with van der Waals surface area (Å²) in [4.78, 5) is 4.09. The molecule has 0 saturated carbocycles. The van der Waals surface area contributed by atoms with Crippen LogP contribution in [0.4, 0.5) is 4.39 Å². The summed E-state index contributed by atoms with van der Waals surface area (Å²) in [7, 11) is 1.54. The summed E-state index contributed by atoms with van der Waals surface area (Å²) in [5, 5.41) is 0. The molecule has 0 amide bonds. The first-order valence-electron chi connectivity index (χ1n) is 5.64. The van der Waals surface area contributed by atoms with Gasteiger partial charge in [-0.05, 0) is 30.2 Å². The predicted molar refractivity (Wildman–Crippen MR) is 68.0 cm³/mol. The van der Waals surface area contributed by atoms with Crippen LogP contribution in [0.3, 0.4) is 0 Å². The minimum Gasteiger partial charge on any atom is -0.481 e. The van der Waals surface area contributed by atoms with E-state index in [9.17, 15) is 4.39 Å². The molecule has 0 spiro atoms. The second-order valence-corrected chi connectivity index (χ2v) is 4.09. The number of ether oxygens (including phenoxy) is 1. The van der Waals surface area contributed by atoms with Crippen LogP contribution in [0.2, 0.25) is 0 Å². The smallest absolute Gasteiger partial charge is 0.218 e. The number of rotatable bonds is 3. The zero-order valence-electron chi connectivity index (χ0n) is 10.4. The van der Waals surface area contributed by atoms with Gasteiger partial charge in [-0.3, -0.25) is 0 Å². The molecule has 1 atom stereocenters. The second-order valence-electron chi connectivity index (χ2n) is 4.09. The normalized spacial score (nSPS) is 12.2. The van der Waals surface area contributed by atoms with Crippen molar-refractivity contribution in [2.24, 2.45) is 5.73 Å². The maximum absolute atomic E-state index is 13.5. The van der Waals surface area contributed by atoms with Crippen molar-refractivity contribution >= 4 is 0 Å². The van der Waals surface area contributed by atoms with Crippen LogP contribution in [0.5, 0.6) is 5.88 Å². The molecule has 94 valence electrons. The summed E-state index contributed by atoms with van der Waals surface area (Å²) in [6, 6.07) is 8.13. The van der Waals surface area contributed by atoms with Crippen LogP contribution < -0.4 is 10.5 Å². The van der Waals surface area contributed by atoms with Crippen LogP contribution in [0.25, 0.3) is 0 Å². The van der Waals surface area contributed by atoms with Gasteiger partial charge in [0.2, 0.25) is 5.88 Å². The average molecular weight is 246 g/mol. The highest BCUT2D eigenvalue weighted by Gasteiger charge is 2.15. The number of hydrogen-bond donors (Lipinski definition) is 1. The van der Waals surface area contributed by atoms with Crippen LogP contribution in [0, 0.1) is 12.7 Å². The Balaban J connectivity index is 2.41. The molecule has 2 N–H and O–H groups in total. The fourth-order valence-electron chi connectivity index (χ4n) is 1.79. The van der Waals surface area contributed by atoms with Crippen molar-refractivity contribution in [1.82, 2.24) is 4.98 Å². The van der Waals surface area contributed by atoms with Crippen molar-refractivity contribution in [2.45, 2.75) is 13.0 Å². The second kappa shape index (κ2) is 5.14. The largest absolute Gasteiger partial charge is 0.481 e. The first kappa shape index (κ1) is 12.5. The third kappa shape index (κ3) is 2.33. The highest BCUT2D eigenvalue weighted by atomic mass is 19.1. The molecule has 1 heterocycles. The van der Waals surface area contributed by atoms with Gasteiger partial charge < -0.3 is 10.5 Å². The fourth-order valence-corrected chi connectivity index (χ4v) is 1.79. The van der Waals surface area contributed by atoms with Gasteiger partial charge >= 0.3 is 0 Å². The molecule has 18 heavy (non-hydrogen) atoms.